The fraction of sp³-hybridized carbons (Fsp3) is 0.389. The lowest BCUT2D eigenvalue weighted by atomic mass is 10.3. The van der Waals surface area contributed by atoms with Crippen molar-refractivity contribution in [1.29, 1.82) is 5.26 Å². The highest BCUT2D eigenvalue weighted by molar-refractivity contribution is 6.33. The third-order valence-corrected chi connectivity index (χ3v) is 5.02. The number of halogens is 1. The molecule has 9 heteroatoms. The molecule has 0 aromatic carbocycles. The number of nitrogens with zero attached hydrogens (tertiary/aromatic N) is 8. The van der Waals surface area contributed by atoms with Crippen LogP contribution < -0.4 is 9.80 Å². The second-order valence-corrected chi connectivity index (χ2v) is 6.79. The van der Waals surface area contributed by atoms with Gasteiger partial charge >= 0.3 is 0 Å². The first-order valence-electron chi connectivity index (χ1n) is 8.95. The van der Waals surface area contributed by atoms with Gasteiger partial charge in [-0.05, 0) is 12.5 Å². The van der Waals surface area contributed by atoms with Crippen molar-refractivity contribution in [3.63, 3.8) is 0 Å². The molecule has 1 aliphatic rings. The molecule has 0 amide bonds. The highest BCUT2D eigenvalue weighted by Crippen LogP contribution is 2.26. The van der Waals surface area contributed by atoms with Crippen LogP contribution in [0.3, 0.4) is 0 Å². The summed E-state index contributed by atoms with van der Waals surface area (Å²) >= 11 is 6.34. The van der Waals surface area contributed by atoms with Gasteiger partial charge in [0.2, 0.25) is 5.65 Å². The van der Waals surface area contributed by atoms with Crippen molar-refractivity contribution in [2.24, 2.45) is 0 Å². The molecule has 138 valence electrons. The van der Waals surface area contributed by atoms with Gasteiger partial charge in [-0.15, -0.1) is 10.2 Å². The van der Waals surface area contributed by atoms with Crippen LogP contribution in [0.25, 0.3) is 5.65 Å². The topological polar surface area (TPSA) is 86.2 Å². The zero-order valence-corrected chi connectivity index (χ0v) is 15.8. The fourth-order valence-electron chi connectivity index (χ4n) is 3.39. The van der Waals surface area contributed by atoms with E-state index in [-0.39, 0.29) is 0 Å². The van der Waals surface area contributed by atoms with Crippen LogP contribution in [0.1, 0.15) is 24.7 Å². The average Bonchev–Trinajstić information content (AvgIpc) is 2.97. The maximum Gasteiger partial charge on any atom is 0.203 e. The van der Waals surface area contributed by atoms with Gasteiger partial charge < -0.3 is 9.80 Å². The van der Waals surface area contributed by atoms with Gasteiger partial charge in [0.25, 0.3) is 0 Å². The lowest BCUT2D eigenvalue weighted by molar-refractivity contribution is 0.793. The maximum absolute atomic E-state index is 8.99. The summed E-state index contributed by atoms with van der Waals surface area (Å²) in [6, 6.07) is 3.73. The Balaban J connectivity index is 1.58. The molecular formula is C18H19ClN8. The normalized spacial score (nSPS) is 15.0. The van der Waals surface area contributed by atoms with E-state index in [2.05, 4.69) is 43.0 Å². The molecule has 0 aliphatic carbocycles. The van der Waals surface area contributed by atoms with E-state index in [1.165, 1.54) is 0 Å². The number of nitriles is 1. The number of aryl methyl sites for hydroxylation is 1. The number of anilines is 2. The number of pyridine rings is 1. The van der Waals surface area contributed by atoms with Crippen molar-refractivity contribution in [2.45, 2.75) is 19.8 Å². The van der Waals surface area contributed by atoms with Gasteiger partial charge in [-0.2, -0.15) is 5.26 Å². The van der Waals surface area contributed by atoms with E-state index in [1.54, 1.807) is 18.5 Å². The SMILES string of the molecule is CCc1nnc2c(N3CCCN(c4ncc(C#N)cc4Cl)CC3)nccn12. The monoisotopic (exact) mass is 382 g/mol. The molecule has 3 aromatic heterocycles. The Kier molecular flexibility index (Phi) is 4.77. The molecule has 0 radical (unpaired) electrons. The van der Waals surface area contributed by atoms with Crippen molar-refractivity contribution in [3.05, 3.63) is 41.1 Å². The highest BCUT2D eigenvalue weighted by Gasteiger charge is 2.21. The Morgan fingerprint density at radius 1 is 1.11 bits per heavy atom. The van der Waals surface area contributed by atoms with Crippen LogP contribution in [0.15, 0.2) is 24.7 Å². The summed E-state index contributed by atoms with van der Waals surface area (Å²) in [5, 5.41) is 18.1. The first-order chi connectivity index (χ1) is 13.2. The largest absolute Gasteiger partial charge is 0.354 e. The molecular weight excluding hydrogens is 364 g/mol. The Labute approximate surface area is 162 Å². The van der Waals surface area contributed by atoms with E-state index in [9.17, 15) is 0 Å². The Bertz CT molecular complexity index is 1010. The third-order valence-electron chi connectivity index (χ3n) is 4.74. The number of hydrogen-bond acceptors (Lipinski definition) is 7. The fourth-order valence-corrected chi connectivity index (χ4v) is 3.68. The van der Waals surface area contributed by atoms with Crippen LogP contribution in [0, 0.1) is 11.3 Å². The van der Waals surface area contributed by atoms with Gasteiger partial charge in [0.1, 0.15) is 17.7 Å². The zero-order valence-electron chi connectivity index (χ0n) is 15.0. The minimum absolute atomic E-state index is 0.467. The first-order valence-corrected chi connectivity index (χ1v) is 9.33. The lowest BCUT2D eigenvalue weighted by Gasteiger charge is -2.24. The smallest absolute Gasteiger partial charge is 0.203 e. The predicted molar refractivity (Wildman–Crippen MR) is 103 cm³/mol. The van der Waals surface area contributed by atoms with E-state index >= 15 is 0 Å². The van der Waals surface area contributed by atoms with Gasteiger partial charge in [-0.1, -0.05) is 18.5 Å². The van der Waals surface area contributed by atoms with Crippen LogP contribution >= 0.6 is 11.6 Å². The zero-order chi connectivity index (χ0) is 18.8. The van der Waals surface area contributed by atoms with Crippen LogP contribution in [-0.4, -0.2) is 50.7 Å². The summed E-state index contributed by atoms with van der Waals surface area (Å²) in [5.41, 5.74) is 1.26. The van der Waals surface area contributed by atoms with Crippen molar-refractivity contribution >= 4 is 28.9 Å². The minimum atomic E-state index is 0.467. The van der Waals surface area contributed by atoms with Crippen molar-refractivity contribution < 1.29 is 0 Å². The molecule has 0 spiro atoms. The molecule has 4 rings (SSSR count). The van der Waals surface area contributed by atoms with Crippen LogP contribution in [0.4, 0.5) is 11.6 Å². The van der Waals surface area contributed by atoms with Gasteiger partial charge in [-0.25, -0.2) is 9.97 Å². The summed E-state index contributed by atoms with van der Waals surface area (Å²) in [7, 11) is 0. The first kappa shape index (κ1) is 17.5. The molecule has 0 saturated carbocycles. The third kappa shape index (κ3) is 3.26. The van der Waals surface area contributed by atoms with E-state index in [4.69, 9.17) is 16.9 Å². The number of fused-ring (bicyclic) bond motifs is 1. The molecule has 0 N–H and O–H groups in total. The summed E-state index contributed by atoms with van der Waals surface area (Å²) < 4.78 is 2.00. The number of hydrogen-bond donors (Lipinski definition) is 0. The molecule has 0 unspecified atom stereocenters. The van der Waals surface area contributed by atoms with Crippen LogP contribution in [0.5, 0.6) is 0 Å². The van der Waals surface area contributed by atoms with Gasteiger partial charge in [0, 0.05) is 51.2 Å². The second-order valence-electron chi connectivity index (χ2n) is 6.38. The van der Waals surface area contributed by atoms with E-state index < -0.39 is 0 Å². The molecule has 1 aliphatic heterocycles. The quantitative estimate of drug-likeness (QED) is 0.687. The van der Waals surface area contributed by atoms with Gasteiger partial charge in [-0.3, -0.25) is 4.40 Å². The van der Waals surface area contributed by atoms with Crippen LogP contribution in [-0.2, 0) is 6.42 Å². The second kappa shape index (κ2) is 7.37. The Hall–Kier alpha value is -2.92. The van der Waals surface area contributed by atoms with Gasteiger partial charge in [0.05, 0.1) is 10.6 Å². The van der Waals surface area contributed by atoms with Gasteiger partial charge in [0.15, 0.2) is 5.82 Å². The summed E-state index contributed by atoms with van der Waals surface area (Å²) in [5.74, 6) is 2.50. The number of rotatable bonds is 3. The van der Waals surface area contributed by atoms with E-state index in [0.717, 1.165) is 62.1 Å². The average molecular weight is 383 g/mol. The lowest BCUT2D eigenvalue weighted by Crippen LogP contribution is -2.32. The molecule has 8 nitrogen and oxygen atoms in total. The Morgan fingerprint density at radius 3 is 2.59 bits per heavy atom. The molecule has 0 bridgehead atoms. The molecule has 0 atom stereocenters. The molecule has 4 heterocycles. The van der Waals surface area contributed by atoms with Crippen molar-refractivity contribution in [3.8, 4) is 6.07 Å². The van der Waals surface area contributed by atoms with E-state index in [0.29, 0.717) is 10.6 Å². The van der Waals surface area contributed by atoms with Crippen LogP contribution in [0.2, 0.25) is 5.02 Å². The highest BCUT2D eigenvalue weighted by atomic mass is 35.5. The van der Waals surface area contributed by atoms with Crippen molar-refractivity contribution in [1.82, 2.24) is 24.6 Å². The molecule has 3 aromatic rings. The summed E-state index contributed by atoms with van der Waals surface area (Å²) in [6.07, 6.45) is 7.03. The summed E-state index contributed by atoms with van der Waals surface area (Å²) in [6.45, 7) is 5.31. The predicted octanol–water partition coefficient (Wildman–Crippen LogP) is 2.32. The molecule has 1 saturated heterocycles. The molecule has 1 fully saturated rings. The number of aromatic nitrogens is 5. The van der Waals surface area contributed by atoms with Crippen molar-refractivity contribution in [2.75, 3.05) is 36.0 Å². The maximum atomic E-state index is 8.99. The minimum Gasteiger partial charge on any atom is -0.354 e. The molecule has 27 heavy (non-hydrogen) atoms. The Morgan fingerprint density at radius 2 is 1.89 bits per heavy atom. The standard InChI is InChI=1S/C18H19ClN8/c1-2-15-23-24-18-17(21-4-7-27(15)18)26-6-3-5-25(8-9-26)16-14(19)10-13(11-20)12-22-16/h4,7,10,12H,2-3,5-6,8-9H2,1H3. The van der Waals surface area contributed by atoms with E-state index in [1.807, 2.05) is 10.6 Å². The summed E-state index contributed by atoms with van der Waals surface area (Å²) in [4.78, 5) is 13.3.